The number of unbranched alkanes of at least 4 members (excludes halogenated alkanes) is 2. The molecule has 1 aromatic carbocycles. The molecular formula is C13H15ClF3NO4S. The van der Waals surface area contributed by atoms with Crippen LogP contribution in [0.3, 0.4) is 0 Å². The van der Waals surface area contributed by atoms with Crippen molar-refractivity contribution in [2.45, 2.75) is 36.8 Å². The van der Waals surface area contributed by atoms with Gasteiger partial charge < -0.3 is 5.11 Å². The van der Waals surface area contributed by atoms with Crippen molar-refractivity contribution in [3.8, 4) is 0 Å². The molecule has 0 fully saturated rings. The number of hydrogen-bond acceptors (Lipinski definition) is 3. The van der Waals surface area contributed by atoms with E-state index in [4.69, 9.17) is 16.7 Å². The molecule has 0 saturated carbocycles. The number of hydrogen-bond donors (Lipinski definition) is 2. The summed E-state index contributed by atoms with van der Waals surface area (Å²) in [6, 6.07) is 2.35. The highest BCUT2D eigenvalue weighted by Crippen LogP contribution is 2.35. The minimum Gasteiger partial charge on any atom is -0.481 e. The molecule has 5 nitrogen and oxygen atoms in total. The van der Waals surface area contributed by atoms with Crippen LogP contribution in [0.2, 0.25) is 5.02 Å². The summed E-state index contributed by atoms with van der Waals surface area (Å²) in [5, 5.41) is 7.87. The van der Waals surface area contributed by atoms with Crippen molar-refractivity contribution >= 4 is 27.6 Å². The second-order valence-electron chi connectivity index (χ2n) is 4.74. The van der Waals surface area contributed by atoms with E-state index in [1.807, 2.05) is 0 Å². The quantitative estimate of drug-likeness (QED) is 0.685. The number of aliphatic carboxylic acids is 1. The third-order valence-electron chi connectivity index (χ3n) is 2.91. The predicted molar refractivity (Wildman–Crippen MR) is 77.7 cm³/mol. The van der Waals surface area contributed by atoms with Crippen LogP contribution in [0.25, 0.3) is 0 Å². The topological polar surface area (TPSA) is 83.5 Å². The van der Waals surface area contributed by atoms with Gasteiger partial charge in [-0.1, -0.05) is 18.0 Å². The van der Waals surface area contributed by atoms with E-state index < -0.39 is 37.7 Å². The predicted octanol–water partition coefficient (Wildman–Crippen LogP) is 3.28. The SMILES string of the molecule is O=C(O)CCCCCNS(=O)(=O)c1ccc(Cl)c(C(F)(F)F)c1. The van der Waals surface area contributed by atoms with Gasteiger partial charge in [0.05, 0.1) is 15.5 Å². The van der Waals surface area contributed by atoms with Gasteiger partial charge in [0.15, 0.2) is 0 Å². The highest BCUT2D eigenvalue weighted by molar-refractivity contribution is 7.89. The van der Waals surface area contributed by atoms with Crippen molar-refractivity contribution in [2.24, 2.45) is 0 Å². The van der Waals surface area contributed by atoms with Gasteiger partial charge in [-0.25, -0.2) is 13.1 Å². The van der Waals surface area contributed by atoms with Crippen molar-refractivity contribution in [3.63, 3.8) is 0 Å². The Hall–Kier alpha value is -1.32. The minimum atomic E-state index is -4.75. The molecule has 0 heterocycles. The molecule has 1 rings (SSSR count). The zero-order valence-electron chi connectivity index (χ0n) is 11.9. The first kappa shape index (κ1) is 19.7. The second kappa shape index (κ2) is 7.98. The van der Waals surface area contributed by atoms with E-state index in [0.717, 1.165) is 12.1 Å². The lowest BCUT2D eigenvalue weighted by molar-refractivity contribution is -0.138. The summed E-state index contributed by atoms with van der Waals surface area (Å²) < 4.78 is 64.2. The summed E-state index contributed by atoms with van der Waals surface area (Å²) in [6.07, 6.45) is -3.50. The molecule has 2 N–H and O–H groups in total. The molecule has 0 radical (unpaired) electrons. The highest BCUT2D eigenvalue weighted by atomic mass is 35.5. The monoisotopic (exact) mass is 373 g/mol. The first-order valence-corrected chi connectivity index (χ1v) is 8.48. The van der Waals surface area contributed by atoms with Gasteiger partial charge >= 0.3 is 12.1 Å². The molecular weight excluding hydrogens is 359 g/mol. The van der Waals surface area contributed by atoms with E-state index in [0.29, 0.717) is 25.3 Å². The summed E-state index contributed by atoms with van der Waals surface area (Å²) in [6.45, 7) is 0.00588. The summed E-state index contributed by atoms with van der Waals surface area (Å²) in [4.78, 5) is 9.77. The average molecular weight is 374 g/mol. The fraction of sp³-hybridized carbons (Fsp3) is 0.462. The van der Waals surface area contributed by atoms with Gasteiger partial charge in [-0.2, -0.15) is 13.2 Å². The Morgan fingerprint density at radius 1 is 1.22 bits per heavy atom. The van der Waals surface area contributed by atoms with Crippen LogP contribution < -0.4 is 4.72 Å². The summed E-state index contributed by atoms with van der Waals surface area (Å²) in [5.41, 5.74) is -1.22. The van der Waals surface area contributed by atoms with E-state index in [1.165, 1.54) is 0 Å². The van der Waals surface area contributed by atoms with E-state index >= 15 is 0 Å². The number of carbonyl (C=O) groups is 1. The molecule has 0 atom stereocenters. The van der Waals surface area contributed by atoms with Crippen LogP contribution in [0.1, 0.15) is 31.2 Å². The van der Waals surface area contributed by atoms with E-state index in [-0.39, 0.29) is 13.0 Å². The van der Waals surface area contributed by atoms with Gasteiger partial charge in [0.1, 0.15) is 0 Å². The number of nitrogens with one attached hydrogen (secondary N) is 1. The average Bonchev–Trinajstić information content (AvgIpc) is 2.41. The van der Waals surface area contributed by atoms with Crippen molar-refractivity contribution in [1.82, 2.24) is 4.72 Å². The Kier molecular flexibility index (Phi) is 6.84. The Labute approximate surface area is 136 Å². The van der Waals surface area contributed by atoms with Crippen molar-refractivity contribution < 1.29 is 31.5 Å². The zero-order chi connectivity index (χ0) is 17.7. The van der Waals surface area contributed by atoms with E-state index in [2.05, 4.69) is 4.72 Å². The molecule has 0 saturated heterocycles. The van der Waals surface area contributed by atoms with Gasteiger partial charge in [0, 0.05) is 13.0 Å². The highest BCUT2D eigenvalue weighted by Gasteiger charge is 2.34. The summed E-state index contributed by atoms with van der Waals surface area (Å²) in [7, 11) is -4.09. The van der Waals surface area contributed by atoms with E-state index in [9.17, 15) is 26.4 Å². The van der Waals surface area contributed by atoms with Gasteiger partial charge in [-0.3, -0.25) is 4.79 Å². The number of sulfonamides is 1. The van der Waals surface area contributed by atoms with Crippen LogP contribution in [-0.4, -0.2) is 26.0 Å². The lowest BCUT2D eigenvalue weighted by Crippen LogP contribution is -2.25. The minimum absolute atomic E-state index is 0.00588. The lowest BCUT2D eigenvalue weighted by atomic mass is 10.2. The maximum Gasteiger partial charge on any atom is 0.417 e. The normalized spacial score (nSPS) is 12.3. The number of halogens is 4. The molecule has 0 amide bonds. The standard InChI is InChI=1S/C13H15ClF3NO4S/c14-11-6-5-9(8-10(11)13(15,16)17)23(21,22)18-7-3-1-2-4-12(19)20/h5-6,8,18H,1-4,7H2,(H,19,20). The Morgan fingerprint density at radius 3 is 2.43 bits per heavy atom. The molecule has 0 aliphatic carbocycles. The Balaban J connectivity index is 2.68. The molecule has 0 aliphatic rings. The third kappa shape index (κ3) is 6.36. The number of benzene rings is 1. The van der Waals surface area contributed by atoms with Crippen LogP contribution in [0, 0.1) is 0 Å². The van der Waals surface area contributed by atoms with Crippen LogP contribution in [0.4, 0.5) is 13.2 Å². The molecule has 1 aromatic rings. The number of carboxylic acids is 1. The largest absolute Gasteiger partial charge is 0.481 e. The van der Waals surface area contributed by atoms with Crippen LogP contribution >= 0.6 is 11.6 Å². The smallest absolute Gasteiger partial charge is 0.417 e. The van der Waals surface area contributed by atoms with Gasteiger partial charge in [-0.15, -0.1) is 0 Å². The van der Waals surface area contributed by atoms with Gasteiger partial charge in [0.2, 0.25) is 10.0 Å². The van der Waals surface area contributed by atoms with Gasteiger partial charge in [0.25, 0.3) is 0 Å². The lowest BCUT2D eigenvalue weighted by Gasteiger charge is -2.12. The molecule has 0 unspecified atom stereocenters. The fourth-order valence-electron chi connectivity index (χ4n) is 1.76. The fourth-order valence-corrected chi connectivity index (χ4v) is 3.08. The maximum atomic E-state index is 12.7. The third-order valence-corrected chi connectivity index (χ3v) is 4.70. The molecule has 0 bridgehead atoms. The van der Waals surface area contributed by atoms with Crippen LogP contribution in [-0.2, 0) is 21.0 Å². The molecule has 0 aromatic heterocycles. The molecule has 0 spiro atoms. The number of alkyl halides is 3. The second-order valence-corrected chi connectivity index (χ2v) is 6.92. The summed E-state index contributed by atoms with van der Waals surface area (Å²) in [5.74, 6) is -0.938. The maximum absolute atomic E-state index is 12.7. The summed E-state index contributed by atoms with van der Waals surface area (Å²) >= 11 is 5.43. The molecule has 23 heavy (non-hydrogen) atoms. The number of rotatable bonds is 8. The first-order valence-electron chi connectivity index (χ1n) is 6.62. The Bertz CT molecular complexity index is 662. The van der Waals surface area contributed by atoms with Crippen molar-refractivity contribution in [3.05, 3.63) is 28.8 Å². The molecule has 10 heteroatoms. The zero-order valence-corrected chi connectivity index (χ0v) is 13.4. The van der Waals surface area contributed by atoms with Gasteiger partial charge in [-0.05, 0) is 31.0 Å². The Morgan fingerprint density at radius 2 is 1.87 bits per heavy atom. The van der Waals surface area contributed by atoms with E-state index in [1.54, 1.807) is 0 Å². The van der Waals surface area contributed by atoms with Crippen molar-refractivity contribution in [2.75, 3.05) is 6.54 Å². The molecule has 130 valence electrons. The molecule has 0 aliphatic heterocycles. The first-order chi connectivity index (χ1) is 10.5. The van der Waals surface area contributed by atoms with Crippen LogP contribution in [0.5, 0.6) is 0 Å². The van der Waals surface area contributed by atoms with Crippen molar-refractivity contribution in [1.29, 1.82) is 0 Å². The van der Waals surface area contributed by atoms with Crippen LogP contribution in [0.15, 0.2) is 23.1 Å². The number of carboxylic acid groups (broad SMARTS) is 1.